The molecule has 2 aromatic carbocycles. The second kappa shape index (κ2) is 8.38. The van der Waals surface area contributed by atoms with Gasteiger partial charge in [-0.3, -0.25) is 4.79 Å². The summed E-state index contributed by atoms with van der Waals surface area (Å²) in [7, 11) is 0. The van der Waals surface area contributed by atoms with Crippen LogP contribution in [0.3, 0.4) is 0 Å². The third kappa shape index (κ3) is 5.28. The Morgan fingerprint density at radius 2 is 1.68 bits per heavy atom. The number of carbonyl (C=O) groups is 1. The Kier molecular flexibility index (Phi) is 5.93. The molecule has 3 rings (SSSR count). The largest absolute Gasteiger partial charge is 0.351 e. The number of halogens is 1. The van der Waals surface area contributed by atoms with Crippen LogP contribution in [0, 0.1) is 5.82 Å². The van der Waals surface area contributed by atoms with E-state index in [9.17, 15) is 9.18 Å². The number of benzene rings is 2. The molecule has 1 heterocycles. The molecule has 5 heteroatoms. The van der Waals surface area contributed by atoms with Crippen molar-refractivity contribution in [3.05, 3.63) is 89.3 Å². The maximum atomic E-state index is 13.4. The molecule has 0 radical (unpaired) electrons. The van der Waals surface area contributed by atoms with E-state index in [0.717, 1.165) is 29.7 Å². The zero-order valence-electron chi connectivity index (χ0n) is 16.5. The minimum atomic E-state index is -0.282. The number of aryl methyl sites for hydroxylation is 1. The molecule has 1 atom stereocenters. The van der Waals surface area contributed by atoms with Crippen molar-refractivity contribution in [2.24, 2.45) is 0 Å². The van der Waals surface area contributed by atoms with Crippen molar-refractivity contribution in [3.8, 4) is 0 Å². The molecule has 0 saturated carbocycles. The number of nitrogens with zero attached hydrogens (tertiary/aromatic N) is 1. The first kappa shape index (κ1) is 19.8. The van der Waals surface area contributed by atoms with Gasteiger partial charge in [-0.15, -0.1) is 0 Å². The van der Waals surface area contributed by atoms with E-state index in [1.807, 2.05) is 63.4 Å². The van der Waals surface area contributed by atoms with E-state index < -0.39 is 0 Å². The van der Waals surface area contributed by atoms with Crippen LogP contribution in [0.2, 0.25) is 0 Å². The van der Waals surface area contributed by atoms with Gasteiger partial charge in [0.2, 0.25) is 0 Å². The van der Waals surface area contributed by atoms with Gasteiger partial charge in [0, 0.05) is 23.2 Å². The van der Waals surface area contributed by atoms with Crippen molar-refractivity contribution < 1.29 is 9.18 Å². The standard InChI is InChI=1S/C23H26FN3O/c1-23(2,3)27-22(28)18-6-4-16(5-7-18)21(13-12-20-14-25-15-26-20)17-8-10-19(24)11-9-17/h4-11,14-15,21H,12-13H2,1-3H3,(H,25,26)(H,27,28). The predicted molar refractivity (Wildman–Crippen MR) is 109 cm³/mol. The fourth-order valence-corrected chi connectivity index (χ4v) is 3.22. The summed E-state index contributed by atoms with van der Waals surface area (Å²) < 4.78 is 13.4. The van der Waals surface area contributed by atoms with Gasteiger partial charge in [0.1, 0.15) is 5.82 Å². The number of rotatable bonds is 6. The molecule has 0 aliphatic rings. The maximum Gasteiger partial charge on any atom is 0.251 e. The Morgan fingerprint density at radius 3 is 2.21 bits per heavy atom. The van der Waals surface area contributed by atoms with Crippen molar-refractivity contribution in [1.82, 2.24) is 15.3 Å². The van der Waals surface area contributed by atoms with Gasteiger partial charge < -0.3 is 10.3 Å². The molecule has 4 nitrogen and oxygen atoms in total. The summed E-state index contributed by atoms with van der Waals surface area (Å²) >= 11 is 0. The van der Waals surface area contributed by atoms with Crippen molar-refractivity contribution in [1.29, 1.82) is 0 Å². The minimum Gasteiger partial charge on any atom is -0.351 e. The molecular weight excluding hydrogens is 353 g/mol. The molecule has 0 aliphatic heterocycles. The molecule has 28 heavy (non-hydrogen) atoms. The van der Waals surface area contributed by atoms with E-state index in [-0.39, 0.29) is 23.2 Å². The first-order chi connectivity index (χ1) is 13.3. The van der Waals surface area contributed by atoms with Crippen LogP contribution in [0.4, 0.5) is 4.39 Å². The predicted octanol–water partition coefficient (Wildman–Crippen LogP) is 4.84. The fourth-order valence-electron chi connectivity index (χ4n) is 3.22. The molecule has 146 valence electrons. The summed E-state index contributed by atoms with van der Waals surface area (Å²) in [5.74, 6) is -0.241. The average molecular weight is 379 g/mol. The van der Waals surface area contributed by atoms with Gasteiger partial charge in [0.15, 0.2) is 0 Å². The quantitative estimate of drug-likeness (QED) is 0.644. The number of H-pyrrole nitrogens is 1. The molecule has 0 saturated heterocycles. The van der Waals surface area contributed by atoms with Crippen LogP contribution in [0.1, 0.15) is 60.3 Å². The Balaban J connectivity index is 1.82. The highest BCUT2D eigenvalue weighted by molar-refractivity contribution is 5.94. The molecule has 1 amide bonds. The molecule has 0 fully saturated rings. The summed E-state index contributed by atoms with van der Waals surface area (Å²) in [5, 5.41) is 2.97. The highest BCUT2D eigenvalue weighted by atomic mass is 19.1. The topological polar surface area (TPSA) is 57.8 Å². The van der Waals surface area contributed by atoms with Gasteiger partial charge in [-0.2, -0.15) is 0 Å². The minimum absolute atomic E-state index is 0.0890. The zero-order valence-corrected chi connectivity index (χ0v) is 16.5. The number of amides is 1. The lowest BCUT2D eigenvalue weighted by Gasteiger charge is -2.21. The number of carbonyl (C=O) groups excluding carboxylic acids is 1. The van der Waals surface area contributed by atoms with E-state index in [2.05, 4.69) is 15.3 Å². The summed E-state index contributed by atoms with van der Waals surface area (Å²) in [6, 6.07) is 14.3. The lowest BCUT2D eigenvalue weighted by molar-refractivity contribution is 0.0919. The van der Waals surface area contributed by atoms with E-state index in [4.69, 9.17) is 0 Å². The average Bonchev–Trinajstić information content (AvgIpc) is 3.16. The number of imidazole rings is 1. The normalized spacial score (nSPS) is 12.6. The molecule has 0 bridgehead atoms. The third-order valence-electron chi connectivity index (χ3n) is 4.58. The number of aromatic amines is 1. The maximum absolute atomic E-state index is 13.4. The van der Waals surface area contributed by atoms with Crippen molar-refractivity contribution >= 4 is 5.91 Å². The van der Waals surface area contributed by atoms with Crippen molar-refractivity contribution in [3.63, 3.8) is 0 Å². The number of hydrogen-bond acceptors (Lipinski definition) is 2. The molecule has 1 unspecified atom stereocenters. The number of aromatic nitrogens is 2. The van der Waals surface area contributed by atoms with Gasteiger partial charge in [-0.05, 0) is 69.0 Å². The summed E-state index contributed by atoms with van der Waals surface area (Å²) in [6.45, 7) is 5.87. The van der Waals surface area contributed by atoms with E-state index >= 15 is 0 Å². The van der Waals surface area contributed by atoms with Crippen LogP contribution < -0.4 is 5.32 Å². The van der Waals surface area contributed by atoms with Gasteiger partial charge in [-0.25, -0.2) is 9.37 Å². The van der Waals surface area contributed by atoms with Crippen LogP contribution in [0.5, 0.6) is 0 Å². The lowest BCUT2D eigenvalue weighted by Crippen LogP contribution is -2.40. The zero-order chi connectivity index (χ0) is 20.1. The van der Waals surface area contributed by atoms with Crippen molar-refractivity contribution in [2.75, 3.05) is 0 Å². The highest BCUT2D eigenvalue weighted by Gasteiger charge is 2.18. The SMILES string of the molecule is CC(C)(C)NC(=O)c1ccc(C(CCc2c[nH]cn2)c2ccc(F)cc2)cc1. The van der Waals surface area contributed by atoms with E-state index in [1.165, 1.54) is 12.1 Å². The fraction of sp³-hybridized carbons (Fsp3) is 0.304. The molecule has 0 aliphatic carbocycles. The van der Waals surface area contributed by atoms with Gasteiger partial charge >= 0.3 is 0 Å². The second-order valence-corrected chi connectivity index (χ2v) is 8.03. The number of nitrogens with one attached hydrogen (secondary N) is 2. The summed E-state index contributed by atoms with van der Waals surface area (Å²) in [4.78, 5) is 19.6. The third-order valence-corrected chi connectivity index (χ3v) is 4.58. The van der Waals surface area contributed by atoms with Gasteiger partial charge in [-0.1, -0.05) is 24.3 Å². The second-order valence-electron chi connectivity index (χ2n) is 8.03. The van der Waals surface area contributed by atoms with Gasteiger partial charge in [0.05, 0.1) is 12.0 Å². The van der Waals surface area contributed by atoms with Crippen molar-refractivity contribution in [2.45, 2.75) is 45.1 Å². The molecular formula is C23H26FN3O. The Bertz CT molecular complexity index is 895. The summed E-state index contributed by atoms with van der Waals surface area (Å²) in [5.41, 5.74) is 3.48. The highest BCUT2D eigenvalue weighted by Crippen LogP contribution is 2.30. The lowest BCUT2D eigenvalue weighted by atomic mass is 9.86. The molecule has 3 aromatic rings. The monoisotopic (exact) mass is 379 g/mol. The Morgan fingerprint density at radius 1 is 1.07 bits per heavy atom. The molecule has 1 aromatic heterocycles. The molecule has 2 N–H and O–H groups in total. The van der Waals surface area contributed by atoms with Gasteiger partial charge in [0.25, 0.3) is 5.91 Å². The van der Waals surface area contributed by atoms with Crippen LogP contribution in [-0.2, 0) is 6.42 Å². The van der Waals surface area contributed by atoms with Crippen LogP contribution >= 0.6 is 0 Å². The number of hydrogen-bond donors (Lipinski definition) is 2. The Hall–Kier alpha value is -2.95. The first-order valence-electron chi connectivity index (χ1n) is 9.47. The van der Waals surface area contributed by atoms with E-state index in [0.29, 0.717) is 5.56 Å². The smallest absolute Gasteiger partial charge is 0.251 e. The Labute approximate surface area is 165 Å². The van der Waals surface area contributed by atoms with E-state index in [1.54, 1.807) is 6.33 Å². The summed E-state index contributed by atoms with van der Waals surface area (Å²) in [6.07, 6.45) is 5.20. The van der Waals surface area contributed by atoms with Crippen LogP contribution in [0.15, 0.2) is 61.1 Å². The first-order valence-corrected chi connectivity index (χ1v) is 9.47. The molecule has 0 spiro atoms. The van der Waals surface area contributed by atoms with Crippen LogP contribution in [0.25, 0.3) is 0 Å². The van der Waals surface area contributed by atoms with Crippen LogP contribution in [-0.4, -0.2) is 21.4 Å².